The first-order valence-corrected chi connectivity index (χ1v) is 7.47. The molecule has 1 N–H and O–H groups in total. The molecule has 0 radical (unpaired) electrons. The maximum atomic E-state index is 6.21. The molecule has 2 nitrogen and oxygen atoms in total. The Bertz CT molecular complexity index is 557. The van der Waals surface area contributed by atoms with Crippen LogP contribution in [0, 0.1) is 0 Å². The van der Waals surface area contributed by atoms with Crippen LogP contribution in [0.5, 0.6) is 5.75 Å². The summed E-state index contributed by atoms with van der Waals surface area (Å²) < 4.78 is 6.21. The molecule has 0 amide bonds. The van der Waals surface area contributed by atoms with Gasteiger partial charge in [0, 0.05) is 6.54 Å². The average Bonchev–Trinajstić information content (AvgIpc) is 2.47. The number of hydrogen-bond donors (Lipinski definition) is 1. The van der Waals surface area contributed by atoms with Gasteiger partial charge in [0.2, 0.25) is 0 Å². The van der Waals surface area contributed by atoms with Gasteiger partial charge in [-0.2, -0.15) is 0 Å². The van der Waals surface area contributed by atoms with Gasteiger partial charge in [-0.1, -0.05) is 63.2 Å². The first-order chi connectivity index (χ1) is 10.0. The van der Waals surface area contributed by atoms with Gasteiger partial charge in [0.25, 0.3) is 0 Å². The lowest BCUT2D eigenvalue weighted by Gasteiger charge is -2.23. The Morgan fingerprint density at radius 3 is 2.33 bits per heavy atom. The summed E-state index contributed by atoms with van der Waals surface area (Å²) in [5.41, 5.74) is 2.61. The second-order valence-corrected chi connectivity index (χ2v) is 6.35. The Balaban J connectivity index is 2.21. The van der Waals surface area contributed by atoms with Crippen LogP contribution >= 0.6 is 0 Å². The van der Waals surface area contributed by atoms with Crippen LogP contribution in [-0.2, 0) is 5.41 Å². The lowest BCUT2D eigenvalue weighted by atomic mass is 9.87. The Hall–Kier alpha value is -1.80. The van der Waals surface area contributed by atoms with Crippen LogP contribution in [0.4, 0.5) is 0 Å². The van der Waals surface area contributed by atoms with Crippen molar-refractivity contribution in [2.75, 3.05) is 13.6 Å². The molecular formula is C19H25NO. The molecule has 2 heteroatoms. The van der Waals surface area contributed by atoms with Crippen molar-refractivity contribution in [3.8, 4) is 5.75 Å². The Morgan fingerprint density at radius 1 is 1.00 bits per heavy atom. The third-order valence-electron chi connectivity index (χ3n) is 3.54. The predicted molar refractivity (Wildman–Crippen MR) is 88.9 cm³/mol. The zero-order valence-corrected chi connectivity index (χ0v) is 13.4. The average molecular weight is 283 g/mol. The Labute approximate surface area is 128 Å². The molecule has 0 aliphatic carbocycles. The minimum Gasteiger partial charge on any atom is -0.484 e. The lowest BCUT2D eigenvalue weighted by molar-refractivity contribution is 0.204. The van der Waals surface area contributed by atoms with Crippen molar-refractivity contribution in [2.24, 2.45) is 0 Å². The van der Waals surface area contributed by atoms with E-state index in [0.29, 0.717) is 0 Å². The van der Waals surface area contributed by atoms with Crippen LogP contribution in [0.15, 0.2) is 54.6 Å². The summed E-state index contributed by atoms with van der Waals surface area (Å²) in [4.78, 5) is 0. The highest BCUT2D eigenvalue weighted by Crippen LogP contribution is 2.28. The first kappa shape index (κ1) is 15.6. The van der Waals surface area contributed by atoms with E-state index in [9.17, 15) is 0 Å². The molecule has 0 spiro atoms. The molecule has 0 aliphatic heterocycles. The molecular weight excluding hydrogens is 258 g/mol. The van der Waals surface area contributed by atoms with E-state index < -0.39 is 0 Å². The molecule has 0 aromatic heterocycles. The van der Waals surface area contributed by atoms with Gasteiger partial charge < -0.3 is 10.1 Å². The largest absolute Gasteiger partial charge is 0.484 e. The zero-order chi connectivity index (χ0) is 15.3. The minimum absolute atomic E-state index is 0.0198. The number of rotatable bonds is 5. The minimum atomic E-state index is 0.0198. The molecule has 112 valence electrons. The molecule has 1 atom stereocenters. The summed E-state index contributed by atoms with van der Waals surface area (Å²) in [6.45, 7) is 7.43. The summed E-state index contributed by atoms with van der Waals surface area (Å²) in [7, 11) is 1.95. The topological polar surface area (TPSA) is 21.3 Å². The maximum Gasteiger partial charge on any atom is 0.136 e. The standard InChI is InChI=1S/C19H25NO/c1-19(2,3)16-11-8-12-17(13-16)21-18(14-20-4)15-9-6-5-7-10-15/h5-13,18,20H,14H2,1-4H3. The molecule has 2 rings (SSSR count). The highest BCUT2D eigenvalue weighted by Gasteiger charge is 2.16. The number of hydrogen-bond acceptors (Lipinski definition) is 2. The summed E-state index contributed by atoms with van der Waals surface area (Å²) in [6, 6.07) is 18.7. The van der Waals surface area contributed by atoms with Crippen molar-refractivity contribution in [1.29, 1.82) is 0 Å². The third kappa shape index (κ3) is 4.33. The SMILES string of the molecule is CNCC(Oc1cccc(C(C)(C)C)c1)c1ccccc1. The quantitative estimate of drug-likeness (QED) is 0.882. The van der Waals surface area contributed by atoms with Gasteiger partial charge in [0.05, 0.1) is 0 Å². The van der Waals surface area contributed by atoms with Crippen LogP contribution in [0.3, 0.4) is 0 Å². The van der Waals surface area contributed by atoms with E-state index in [4.69, 9.17) is 4.74 Å². The Kier molecular flexibility index (Phi) is 5.03. The fourth-order valence-electron chi connectivity index (χ4n) is 2.28. The van der Waals surface area contributed by atoms with Crippen molar-refractivity contribution in [2.45, 2.75) is 32.3 Å². The molecule has 0 aliphatic rings. The lowest BCUT2D eigenvalue weighted by Crippen LogP contribution is -2.22. The van der Waals surface area contributed by atoms with Crippen molar-refractivity contribution in [1.82, 2.24) is 5.32 Å². The summed E-state index contributed by atoms with van der Waals surface area (Å²) in [6.07, 6.45) is 0.0198. The highest BCUT2D eigenvalue weighted by atomic mass is 16.5. The molecule has 0 fully saturated rings. The smallest absolute Gasteiger partial charge is 0.136 e. The third-order valence-corrected chi connectivity index (χ3v) is 3.54. The molecule has 0 heterocycles. The number of ether oxygens (including phenoxy) is 1. The van der Waals surface area contributed by atoms with Gasteiger partial charge in [0.15, 0.2) is 0 Å². The van der Waals surface area contributed by atoms with Crippen molar-refractivity contribution >= 4 is 0 Å². The molecule has 0 bridgehead atoms. The van der Waals surface area contributed by atoms with Gasteiger partial charge in [-0.05, 0) is 35.7 Å². The second-order valence-electron chi connectivity index (χ2n) is 6.35. The number of nitrogens with one attached hydrogen (secondary N) is 1. The van der Waals surface area contributed by atoms with Crippen LogP contribution in [0.25, 0.3) is 0 Å². The van der Waals surface area contributed by atoms with Gasteiger partial charge in [-0.25, -0.2) is 0 Å². The highest BCUT2D eigenvalue weighted by molar-refractivity contribution is 5.33. The zero-order valence-electron chi connectivity index (χ0n) is 13.4. The van der Waals surface area contributed by atoms with Crippen LogP contribution < -0.4 is 10.1 Å². The van der Waals surface area contributed by atoms with E-state index >= 15 is 0 Å². The predicted octanol–water partition coefficient (Wildman–Crippen LogP) is 4.32. The van der Waals surface area contributed by atoms with Crippen molar-refractivity contribution in [3.05, 3.63) is 65.7 Å². The molecule has 2 aromatic rings. The maximum absolute atomic E-state index is 6.21. The summed E-state index contributed by atoms with van der Waals surface area (Å²) >= 11 is 0. The van der Waals surface area contributed by atoms with Gasteiger partial charge in [-0.3, -0.25) is 0 Å². The van der Waals surface area contributed by atoms with E-state index in [-0.39, 0.29) is 11.5 Å². The molecule has 21 heavy (non-hydrogen) atoms. The van der Waals surface area contributed by atoms with Gasteiger partial charge in [0.1, 0.15) is 11.9 Å². The summed E-state index contributed by atoms with van der Waals surface area (Å²) in [5.74, 6) is 0.923. The van der Waals surface area contributed by atoms with E-state index in [1.165, 1.54) is 11.1 Å². The fraction of sp³-hybridized carbons (Fsp3) is 0.368. The Morgan fingerprint density at radius 2 is 1.71 bits per heavy atom. The van der Waals surface area contributed by atoms with E-state index in [1.54, 1.807) is 0 Å². The normalized spacial score (nSPS) is 13.0. The molecule has 1 unspecified atom stereocenters. The number of benzene rings is 2. The van der Waals surface area contributed by atoms with Gasteiger partial charge >= 0.3 is 0 Å². The second kappa shape index (κ2) is 6.77. The first-order valence-electron chi connectivity index (χ1n) is 7.47. The fourth-order valence-corrected chi connectivity index (χ4v) is 2.28. The van der Waals surface area contributed by atoms with Crippen molar-refractivity contribution < 1.29 is 4.74 Å². The van der Waals surface area contributed by atoms with E-state index in [2.05, 4.69) is 56.4 Å². The van der Waals surface area contributed by atoms with Crippen LogP contribution in [0.2, 0.25) is 0 Å². The van der Waals surface area contributed by atoms with Crippen molar-refractivity contribution in [3.63, 3.8) is 0 Å². The monoisotopic (exact) mass is 283 g/mol. The molecule has 2 aromatic carbocycles. The van der Waals surface area contributed by atoms with E-state index in [0.717, 1.165) is 12.3 Å². The van der Waals surface area contributed by atoms with Gasteiger partial charge in [-0.15, -0.1) is 0 Å². The summed E-state index contributed by atoms with van der Waals surface area (Å²) in [5, 5.41) is 3.21. The van der Waals surface area contributed by atoms with Crippen LogP contribution in [0.1, 0.15) is 38.0 Å². The molecule has 0 saturated carbocycles. The van der Waals surface area contributed by atoms with Crippen LogP contribution in [-0.4, -0.2) is 13.6 Å². The molecule has 0 saturated heterocycles. The van der Waals surface area contributed by atoms with E-state index in [1.807, 2.05) is 31.3 Å². The number of likely N-dealkylation sites (N-methyl/N-ethyl adjacent to an activating group) is 1.